The van der Waals surface area contributed by atoms with Gasteiger partial charge in [0.15, 0.2) is 0 Å². The third kappa shape index (κ3) is 2.45. The monoisotopic (exact) mass is 251 g/mol. The van der Waals surface area contributed by atoms with Crippen LogP contribution in [0, 0.1) is 0 Å². The fourth-order valence-electron chi connectivity index (χ4n) is 1.94. The van der Waals surface area contributed by atoms with Crippen molar-refractivity contribution in [2.24, 2.45) is 11.5 Å². The number of carbonyl (C=O) groups is 1. The van der Waals surface area contributed by atoms with Crippen LogP contribution in [0.1, 0.15) is 10.4 Å². The van der Waals surface area contributed by atoms with Crippen LogP contribution in [0.3, 0.4) is 0 Å². The standard InChI is InChI=1S/C12H17N3O3/c1-17-12(16)8-3-2-4-9(7-8)15-5-6-18-11(14)10(15)13/h2-4,7,10-11H,5-6,13-14H2,1H3. The predicted octanol–water partition coefficient (Wildman–Crippen LogP) is -0.121. The van der Waals surface area contributed by atoms with Crippen LogP contribution in [0.25, 0.3) is 0 Å². The van der Waals surface area contributed by atoms with E-state index in [2.05, 4.69) is 4.74 Å². The molecule has 0 aromatic heterocycles. The van der Waals surface area contributed by atoms with E-state index < -0.39 is 12.4 Å². The molecule has 1 saturated heterocycles. The topological polar surface area (TPSA) is 90.8 Å². The van der Waals surface area contributed by atoms with Crippen LogP contribution in [-0.2, 0) is 9.47 Å². The molecular weight excluding hydrogens is 234 g/mol. The van der Waals surface area contributed by atoms with Crippen molar-refractivity contribution in [3.63, 3.8) is 0 Å². The van der Waals surface area contributed by atoms with Crippen LogP contribution in [0.5, 0.6) is 0 Å². The summed E-state index contributed by atoms with van der Waals surface area (Å²) in [6.45, 7) is 1.15. The molecule has 0 spiro atoms. The van der Waals surface area contributed by atoms with Crippen molar-refractivity contribution in [1.82, 2.24) is 0 Å². The Bertz CT molecular complexity index is 438. The maximum absolute atomic E-state index is 11.5. The van der Waals surface area contributed by atoms with Crippen LogP contribution >= 0.6 is 0 Å². The van der Waals surface area contributed by atoms with Crippen LogP contribution < -0.4 is 16.4 Å². The molecule has 1 aromatic rings. The summed E-state index contributed by atoms with van der Waals surface area (Å²) < 4.78 is 9.95. The van der Waals surface area contributed by atoms with Gasteiger partial charge in [-0.25, -0.2) is 4.79 Å². The van der Waals surface area contributed by atoms with Gasteiger partial charge in [-0.15, -0.1) is 0 Å². The van der Waals surface area contributed by atoms with Crippen molar-refractivity contribution >= 4 is 11.7 Å². The molecule has 0 saturated carbocycles. The number of hydrogen-bond acceptors (Lipinski definition) is 6. The van der Waals surface area contributed by atoms with Gasteiger partial charge in [-0.3, -0.25) is 0 Å². The summed E-state index contributed by atoms with van der Waals surface area (Å²) in [4.78, 5) is 13.4. The molecule has 2 atom stereocenters. The Balaban J connectivity index is 2.25. The quantitative estimate of drug-likeness (QED) is 0.712. The second-order valence-corrected chi connectivity index (χ2v) is 4.06. The summed E-state index contributed by atoms with van der Waals surface area (Å²) in [6.07, 6.45) is -0.952. The number of nitrogens with two attached hydrogens (primary N) is 2. The van der Waals surface area contributed by atoms with Gasteiger partial charge in [0.25, 0.3) is 0 Å². The molecule has 0 radical (unpaired) electrons. The highest BCUT2D eigenvalue weighted by molar-refractivity contribution is 5.90. The Morgan fingerprint density at radius 1 is 1.50 bits per heavy atom. The van der Waals surface area contributed by atoms with Gasteiger partial charge in [0.05, 0.1) is 19.3 Å². The zero-order chi connectivity index (χ0) is 13.1. The number of hydrogen-bond donors (Lipinski definition) is 2. The number of morpholine rings is 1. The number of ether oxygens (including phenoxy) is 2. The van der Waals surface area contributed by atoms with E-state index in [0.717, 1.165) is 5.69 Å². The number of esters is 1. The Labute approximate surface area is 105 Å². The number of benzene rings is 1. The normalized spacial score (nSPS) is 23.8. The lowest BCUT2D eigenvalue weighted by Gasteiger charge is -2.38. The summed E-state index contributed by atoms with van der Waals surface area (Å²) in [5, 5.41) is 0. The largest absolute Gasteiger partial charge is 0.465 e. The summed E-state index contributed by atoms with van der Waals surface area (Å²) in [7, 11) is 1.35. The molecule has 6 heteroatoms. The van der Waals surface area contributed by atoms with E-state index in [1.807, 2.05) is 11.0 Å². The fourth-order valence-corrected chi connectivity index (χ4v) is 1.94. The minimum atomic E-state index is -0.527. The molecule has 0 aliphatic carbocycles. The van der Waals surface area contributed by atoms with Crippen molar-refractivity contribution in [3.05, 3.63) is 29.8 Å². The van der Waals surface area contributed by atoms with Gasteiger partial charge >= 0.3 is 5.97 Å². The number of methoxy groups -OCH3 is 1. The van der Waals surface area contributed by atoms with Crippen LogP contribution in [0.2, 0.25) is 0 Å². The van der Waals surface area contributed by atoms with Gasteiger partial charge in [0, 0.05) is 12.2 Å². The molecule has 2 rings (SSSR count). The highest BCUT2D eigenvalue weighted by Gasteiger charge is 2.26. The highest BCUT2D eigenvalue weighted by Crippen LogP contribution is 2.20. The fraction of sp³-hybridized carbons (Fsp3) is 0.417. The van der Waals surface area contributed by atoms with E-state index in [9.17, 15) is 4.79 Å². The SMILES string of the molecule is COC(=O)c1cccc(N2CCOC(N)C2N)c1. The molecule has 6 nitrogen and oxygen atoms in total. The second-order valence-electron chi connectivity index (χ2n) is 4.06. The molecule has 4 N–H and O–H groups in total. The second kappa shape index (κ2) is 5.34. The predicted molar refractivity (Wildman–Crippen MR) is 67.0 cm³/mol. The lowest BCUT2D eigenvalue weighted by molar-refractivity contribution is 0.0173. The lowest BCUT2D eigenvalue weighted by Crippen LogP contribution is -2.60. The molecule has 18 heavy (non-hydrogen) atoms. The third-order valence-electron chi connectivity index (χ3n) is 2.94. The first-order valence-corrected chi connectivity index (χ1v) is 5.71. The molecule has 98 valence electrons. The maximum atomic E-state index is 11.5. The molecule has 2 unspecified atom stereocenters. The molecule has 0 bridgehead atoms. The molecule has 1 aliphatic heterocycles. The van der Waals surface area contributed by atoms with Crippen molar-refractivity contribution in [2.75, 3.05) is 25.2 Å². The summed E-state index contributed by atoms with van der Waals surface area (Å²) in [5.41, 5.74) is 13.0. The van der Waals surface area contributed by atoms with Gasteiger partial charge in [-0.1, -0.05) is 6.07 Å². The third-order valence-corrected chi connectivity index (χ3v) is 2.94. The number of anilines is 1. The van der Waals surface area contributed by atoms with Gasteiger partial charge < -0.3 is 25.8 Å². The van der Waals surface area contributed by atoms with Crippen molar-refractivity contribution in [3.8, 4) is 0 Å². The van der Waals surface area contributed by atoms with Crippen molar-refractivity contribution in [2.45, 2.75) is 12.4 Å². The zero-order valence-corrected chi connectivity index (χ0v) is 10.2. The van der Waals surface area contributed by atoms with E-state index in [0.29, 0.717) is 18.7 Å². The Hall–Kier alpha value is -1.63. The highest BCUT2D eigenvalue weighted by atomic mass is 16.5. The van der Waals surface area contributed by atoms with E-state index in [-0.39, 0.29) is 5.97 Å². The summed E-state index contributed by atoms with van der Waals surface area (Å²) in [5.74, 6) is -0.372. The molecule has 1 aromatic carbocycles. The van der Waals surface area contributed by atoms with E-state index >= 15 is 0 Å². The Morgan fingerprint density at radius 3 is 3.00 bits per heavy atom. The van der Waals surface area contributed by atoms with Crippen LogP contribution in [0.4, 0.5) is 5.69 Å². The van der Waals surface area contributed by atoms with Crippen molar-refractivity contribution < 1.29 is 14.3 Å². The molecule has 1 aliphatic rings. The maximum Gasteiger partial charge on any atom is 0.337 e. The number of rotatable bonds is 2. The van der Waals surface area contributed by atoms with E-state index in [4.69, 9.17) is 16.2 Å². The smallest absolute Gasteiger partial charge is 0.337 e. The molecular formula is C12H17N3O3. The Morgan fingerprint density at radius 2 is 2.28 bits per heavy atom. The molecule has 1 fully saturated rings. The first kappa shape index (κ1) is 12.8. The van der Waals surface area contributed by atoms with Crippen LogP contribution in [0.15, 0.2) is 24.3 Å². The molecule has 1 heterocycles. The summed E-state index contributed by atoms with van der Waals surface area (Å²) in [6, 6.07) is 7.10. The van der Waals surface area contributed by atoms with E-state index in [1.165, 1.54) is 7.11 Å². The minimum Gasteiger partial charge on any atom is -0.465 e. The first-order chi connectivity index (χ1) is 8.63. The van der Waals surface area contributed by atoms with Gasteiger partial charge in [0.2, 0.25) is 0 Å². The Kier molecular flexibility index (Phi) is 3.81. The van der Waals surface area contributed by atoms with Gasteiger partial charge in [-0.2, -0.15) is 0 Å². The summed E-state index contributed by atoms with van der Waals surface area (Å²) >= 11 is 0. The van der Waals surface area contributed by atoms with Crippen molar-refractivity contribution in [1.29, 1.82) is 0 Å². The molecule has 0 amide bonds. The average Bonchev–Trinajstić information content (AvgIpc) is 2.41. The number of carbonyl (C=O) groups excluding carboxylic acids is 1. The van der Waals surface area contributed by atoms with Gasteiger partial charge in [0.1, 0.15) is 12.4 Å². The first-order valence-electron chi connectivity index (χ1n) is 5.71. The van der Waals surface area contributed by atoms with Gasteiger partial charge in [-0.05, 0) is 18.2 Å². The zero-order valence-electron chi connectivity index (χ0n) is 10.2. The minimum absolute atomic E-state index is 0.372. The average molecular weight is 251 g/mol. The van der Waals surface area contributed by atoms with E-state index in [1.54, 1.807) is 18.2 Å². The lowest BCUT2D eigenvalue weighted by atomic mass is 10.1. The van der Waals surface area contributed by atoms with Crippen LogP contribution in [-0.4, -0.2) is 38.6 Å². The number of nitrogens with zero attached hydrogens (tertiary/aromatic N) is 1.